The summed E-state index contributed by atoms with van der Waals surface area (Å²) in [5.41, 5.74) is 4.82. The van der Waals surface area contributed by atoms with Crippen molar-refractivity contribution in [3.05, 3.63) is 106 Å². The lowest BCUT2D eigenvalue weighted by molar-refractivity contribution is 0.0697. The Balaban J connectivity index is 1.60. The molecule has 4 aromatic rings. The Labute approximate surface area is 216 Å². The van der Waals surface area contributed by atoms with Gasteiger partial charge in [-0.25, -0.2) is 4.79 Å². The SMILES string of the molecule is Cc1cc(N2C(=S)N[C@H](c3ccccn3)[C@@H]2c2ccc(-c3ccc(C(=O)O)cc3C)o2)ccc1Br. The van der Waals surface area contributed by atoms with Crippen molar-refractivity contribution in [1.82, 2.24) is 10.3 Å². The molecule has 0 bridgehead atoms. The molecule has 2 aromatic carbocycles. The van der Waals surface area contributed by atoms with Gasteiger partial charge < -0.3 is 19.7 Å². The van der Waals surface area contributed by atoms with Gasteiger partial charge in [0.05, 0.1) is 17.3 Å². The Hall–Kier alpha value is -3.49. The smallest absolute Gasteiger partial charge is 0.335 e. The fourth-order valence-electron chi connectivity index (χ4n) is 4.43. The molecule has 1 fully saturated rings. The van der Waals surface area contributed by atoms with Crippen molar-refractivity contribution < 1.29 is 14.3 Å². The molecular weight excluding hydrogens is 526 g/mol. The first kappa shape index (κ1) is 23.3. The van der Waals surface area contributed by atoms with E-state index in [1.54, 1.807) is 24.4 Å². The summed E-state index contributed by atoms with van der Waals surface area (Å²) in [5, 5.41) is 13.3. The van der Waals surface area contributed by atoms with E-state index in [9.17, 15) is 9.90 Å². The molecule has 35 heavy (non-hydrogen) atoms. The predicted octanol–water partition coefficient (Wildman–Crippen LogP) is 6.60. The Kier molecular flexibility index (Phi) is 6.17. The number of benzene rings is 2. The molecule has 1 saturated heterocycles. The lowest BCUT2D eigenvalue weighted by Crippen LogP contribution is -2.29. The molecule has 0 unspecified atom stereocenters. The van der Waals surface area contributed by atoms with E-state index in [1.165, 1.54) is 0 Å². The standard InChI is InChI=1S/C27H22BrN3O3S/c1-15-13-17(26(32)33)6-8-19(15)22-10-11-23(34-22)25-24(21-5-3-4-12-29-21)30-27(35)31(25)18-7-9-20(28)16(2)14-18/h3-14,24-25H,1-2H3,(H,30,35)(H,32,33)/t24-,25+/m1/s1. The third-order valence-corrected chi connectivity index (χ3v) is 7.38. The van der Waals surface area contributed by atoms with Crippen LogP contribution in [0.2, 0.25) is 0 Å². The van der Waals surface area contributed by atoms with Crippen LogP contribution in [0.25, 0.3) is 11.3 Å². The van der Waals surface area contributed by atoms with E-state index < -0.39 is 5.97 Å². The van der Waals surface area contributed by atoms with Crippen LogP contribution in [0.15, 0.2) is 81.8 Å². The lowest BCUT2D eigenvalue weighted by Gasteiger charge is -2.26. The number of pyridine rings is 1. The number of halogens is 1. The average molecular weight is 548 g/mol. The number of hydrogen-bond donors (Lipinski definition) is 2. The molecular formula is C27H22BrN3O3S. The number of carboxylic acid groups (broad SMARTS) is 1. The third-order valence-electron chi connectivity index (χ3n) is 6.17. The number of hydrogen-bond acceptors (Lipinski definition) is 4. The third kappa shape index (κ3) is 4.35. The van der Waals surface area contributed by atoms with Crippen molar-refractivity contribution in [3.8, 4) is 11.3 Å². The summed E-state index contributed by atoms with van der Waals surface area (Å²) >= 11 is 9.37. The average Bonchev–Trinajstić information content (AvgIpc) is 3.46. The monoisotopic (exact) mass is 547 g/mol. The predicted molar refractivity (Wildman–Crippen MR) is 143 cm³/mol. The van der Waals surface area contributed by atoms with Crippen LogP contribution < -0.4 is 10.2 Å². The molecule has 0 amide bonds. The summed E-state index contributed by atoms with van der Waals surface area (Å²) in [6.45, 7) is 3.92. The van der Waals surface area contributed by atoms with Gasteiger partial charge in [-0.1, -0.05) is 28.1 Å². The van der Waals surface area contributed by atoms with Gasteiger partial charge in [0, 0.05) is 21.9 Å². The number of aryl methyl sites for hydroxylation is 2. The quantitative estimate of drug-likeness (QED) is 0.272. The number of nitrogens with zero attached hydrogens (tertiary/aromatic N) is 2. The summed E-state index contributed by atoms with van der Waals surface area (Å²) in [7, 11) is 0. The van der Waals surface area contributed by atoms with Gasteiger partial charge in [-0.15, -0.1) is 0 Å². The zero-order valence-electron chi connectivity index (χ0n) is 19.0. The first-order valence-electron chi connectivity index (χ1n) is 11.0. The van der Waals surface area contributed by atoms with Gasteiger partial charge in [-0.2, -0.15) is 0 Å². The Morgan fingerprint density at radius 3 is 2.60 bits per heavy atom. The van der Waals surface area contributed by atoms with Crippen LogP contribution in [0, 0.1) is 13.8 Å². The van der Waals surface area contributed by atoms with Crippen molar-refractivity contribution in [2.24, 2.45) is 0 Å². The van der Waals surface area contributed by atoms with E-state index in [-0.39, 0.29) is 17.6 Å². The topological polar surface area (TPSA) is 78.6 Å². The van der Waals surface area contributed by atoms with Crippen LogP contribution in [-0.2, 0) is 0 Å². The van der Waals surface area contributed by atoms with E-state index in [0.717, 1.165) is 38.3 Å². The zero-order chi connectivity index (χ0) is 24.7. The van der Waals surface area contributed by atoms with E-state index in [0.29, 0.717) is 10.9 Å². The Morgan fingerprint density at radius 2 is 1.91 bits per heavy atom. The van der Waals surface area contributed by atoms with E-state index in [1.807, 2.05) is 56.3 Å². The molecule has 2 N–H and O–H groups in total. The van der Waals surface area contributed by atoms with Crippen LogP contribution in [-0.4, -0.2) is 21.2 Å². The minimum absolute atomic E-state index is 0.220. The van der Waals surface area contributed by atoms with Crippen molar-refractivity contribution in [2.45, 2.75) is 25.9 Å². The van der Waals surface area contributed by atoms with Gasteiger partial charge in [0.25, 0.3) is 0 Å². The Morgan fingerprint density at radius 1 is 1.09 bits per heavy atom. The van der Waals surface area contributed by atoms with Crippen LogP contribution >= 0.6 is 28.1 Å². The summed E-state index contributed by atoms with van der Waals surface area (Å²) < 4.78 is 7.44. The van der Waals surface area contributed by atoms with Crippen molar-refractivity contribution >= 4 is 44.9 Å². The number of anilines is 1. The van der Waals surface area contributed by atoms with Crippen LogP contribution in [0.1, 0.15) is 45.0 Å². The molecule has 0 saturated carbocycles. The number of aromatic nitrogens is 1. The molecule has 5 rings (SSSR count). The number of aromatic carboxylic acids is 1. The second-order valence-electron chi connectivity index (χ2n) is 8.47. The first-order chi connectivity index (χ1) is 16.8. The highest BCUT2D eigenvalue weighted by atomic mass is 79.9. The minimum Gasteiger partial charge on any atom is -0.478 e. The highest BCUT2D eigenvalue weighted by Gasteiger charge is 2.42. The fourth-order valence-corrected chi connectivity index (χ4v) is 5.02. The van der Waals surface area contributed by atoms with Gasteiger partial charge in [-0.05, 0) is 91.8 Å². The molecule has 0 spiro atoms. The molecule has 6 nitrogen and oxygen atoms in total. The molecule has 176 valence electrons. The number of carboxylic acids is 1. The number of nitrogens with one attached hydrogen (secondary N) is 1. The zero-order valence-corrected chi connectivity index (χ0v) is 21.4. The summed E-state index contributed by atoms with van der Waals surface area (Å²) in [6, 6.07) is 20.3. The number of thiocarbonyl (C=S) groups is 1. The Bertz CT molecular complexity index is 1440. The van der Waals surface area contributed by atoms with Gasteiger partial charge in [-0.3, -0.25) is 4.98 Å². The largest absolute Gasteiger partial charge is 0.478 e. The molecule has 0 aliphatic carbocycles. The van der Waals surface area contributed by atoms with Gasteiger partial charge in [0.15, 0.2) is 5.11 Å². The summed E-state index contributed by atoms with van der Waals surface area (Å²) in [6.07, 6.45) is 1.77. The summed E-state index contributed by atoms with van der Waals surface area (Å²) in [5.74, 6) is 0.438. The number of carbonyl (C=O) groups is 1. The summed E-state index contributed by atoms with van der Waals surface area (Å²) in [4.78, 5) is 18.0. The second-order valence-corrected chi connectivity index (χ2v) is 9.71. The maximum absolute atomic E-state index is 11.3. The maximum atomic E-state index is 11.3. The van der Waals surface area contributed by atoms with Crippen molar-refractivity contribution in [2.75, 3.05) is 4.90 Å². The van der Waals surface area contributed by atoms with Gasteiger partial charge in [0.1, 0.15) is 17.6 Å². The second kappa shape index (κ2) is 9.28. The van der Waals surface area contributed by atoms with E-state index >= 15 is 0 Å². The number of rotatable bonds is 5. The van der Waals surface area contributed by atoms with Crippen LogP contribution in [0.4, 0.5) is 5.69 Å². The highest BCUT2D eigenvalue weighted by Crippen LogP contribution is 2.43. The van der Waals surface area contributed by atoms with Crippen LogP contribution in [0.3, 0.4) is 0 Å². The highest BCUT2D eigenvalue weighted by molar-refractivity contribution is 9.10. The van der Waals surface area contributed by atoms with Crippen molar-refractivity contribution in [3.63, 3.8) is 0 Å². The molecule has 1 aliphatic rings. The first-order valence-corrected chi connectivity index (χ1v) is 12.2. The van der Waals surface area contributed by atoms with E-state index in [4.69, 9.17) is 16.6 Å². The molecule has 2 atom stereocenters. The molecule has 8 heteroatoms. The lowest BCUT2D eigenvalue weighted by atomic mass is 10.0. The van der Waals surface area contributed by atoms with Crippen LogP contribution in [0.5, 0.6) is 0 Å². The molecule has 2 aromatic heterocycles. The van der Waals surface area contributed by atoms with Gasteiger partial charge >= 0.3 is 5.97 Å². The molecule has 3 heterocycles. The molecule has 1 aliphatic heterocycles. The fraction of sp³-hybridized carbons (Fsp3) is 0.148. The number of furan rings is 1. The van der Waals surface area contributed by atoms with E-state index in [2.05, 4.69) is 37.2 Å². The maximum Gasteiger partial charge on any atom is 0.335 e. The molecule has 0 radical (unpaired) electrons. The normalized spacial score (nSPS) is 17.5. The van der Waals surface area contributed by atoms with Crippen molar-refractivity contribution in [1.29, 1.82) is 0 Å². The van der Waals surface area contributed by atoms with Gasteiger partial charge in [0.2, 0.25) is 0 Å². The minimum atomic E-state index is -0.955.